The van der Waals surface area contributed by atoms with E-state index in [9.17, 15) is 58.5 Å². The second-order valence-corrected chi connectivity index (χ2v) is 19.7. The van der Waals surface area contributed by atoms with Gasteiger partial charge in [0.05, 0.1) is 25.0 Å². The molecule has 0 aliphatic carbocycles. The zero-order valence-electron chi connectivity index (χ0n) is 42.9. The number of phenolic OH excluding ortho intramolecular Hbond substituents is 1. The number of amides is 8. The van der Waals surface area contributed by atoms with Crippen molar-refractivity contribution in [2.75, 3.05) is 19.6 Å². The third-order valence-corrected chi connectivity index (χ3v) is 12.0. The van der Waals surface area contributed by atoms with Crippen LogP contribution in [0.2, 0.25) is 0 Å². The fourth-order valence-corrected chi connectivity index (χ4v) is 8.02. The average Bonchev–Trinajstić information content (AvgIpc) is 4.06. The molecule has 24 nitrogen and oxygen atoms in total. The van der Waals surface area contributed by atoms with E-state index in [0.717, 1.165) is 6.42 Å². The molecule has 8 amide bonds. The van der Waals surface area contributed by atoms with Crippen LogP contribution in [0, 0.1) is 17.8 Å². The van der Waals surface area contributed by atoms with Gasteiger partial charge in [0, 0.05) is 24.7 Å². The van der Waals surface area contributed by atoms with Crippen LogP contribution in [0.4, 0.5) is 0 Å². The molecule has 406 valence electrons. The standard InChI is InChI=1S/C49H78N12O12/c1-26(2)19-35(45(68)55-34(11-8-9-17-50)44(67)61-41(29(7)62)48(71)59-38(49(72)73)22-31-23-51-25-54-31)56-46(69)36(20-27(3)4)58-47(70)40(28(5)6)60-39(64)24-53-42(65)37(21-30-13-15-32(63)16-14-30)57-43(66)33-12-10-18-52-33/h13-16,23,25-29,33-38,40-41,52,62-63H,8-12,17-22,24,50H2,1-7H3,(H,51,54)(H,53,65)(H,55,68)(H,56,69)(H,57,66)(H,58,70)(H,59,71)(H,60,64)(H,61,67)(H,72,73)/t29-,33+,34+,35+,36+,37+,38+,40+,41+/m1/s1. The molecule has 3 rings (SSSR count). The molecule has 1 saturated heterocycles. The van der Waals surface area contributed by atoms with Crippen molar-refractivity contribution >= 4 is 53.2 Å². The summed E-state index contributed by atoms with van der Waals surface area (Å²) in [5.41, 5.74) is 6.77. The van der Waals surface area contributed by atoms with E-state index < -0.39 is 114 Å². The number of nitrogens with zero attached hydrogens (tertiary/aromatic N) is 1. The van der Waals surface area contributed by atoms with Crippen molar-refractivity contribution in [3.63, 3.8) is 0 Å². The maximum Gasteiger partial charge on any atom is 0.326 e. The maximum atomic E-state index is 14.1. The number of imidazole rings is 1. The molecule has 0 bridgehead atoms. The number of hydrogen-bond acceptors (Lipinski definition) is 14. The lowest BCUT2D eigenvalue weighted by molar-refractivity contribution is -0.143. The molecular weight excluding hydrogens is 949 g/mol. The third kappa shape index (κ3) is 21.1. The highest BCUT2D eigenvalue weighted by molar-refractivity contribution is 5.97. The molecule has 0 unspecified atom stereocenters. The van der Waals surface area contributed by atoms with Crippen molar-refractivity contribution in [1.29, 1.82) is 0 Å². The van der Waals surface area contributed by atoms with E-state index in [2.05, 4.69) is 57.8 Å². The van der Waals surface area contributed by atoms with Crippen LogP contribution in [0.3, 0.4) is 0 Å². The number of aliphatic hydroxyl groups excluding tert-OH is 1. The number of carbonyl (C=O) groups is 9. The highest BCUT2D eigenvalue weighted by atomic mass is 16.4. The van der Waals surface area contributed by atoms with Crippen LogP contribution in [0.5, 0.6) is 5.75 Å². The highest BCUT2D eigenvalue weighted by Crippen LogP contribution is 2.15. The van der Waals surface area contributed by atoms with Crippen molar-refractivity contribution in [3.05, 3.63) is 48.0 Å². The first-order valence-corrected chi connectivity index (χ1v) is 25.0. The fourth-order valence-electron chi connectivity index (χ4n) is 8.02. The molecule has 0 radical (unpaired) electrons. The van der Waals surface area contributed by atoms with Crippen LogP contribution in [-0.4, -0.2) is 153 Å². The first kappa shape index (κ1) is 60.6. The van der Waals surface area contributed by atoms with Crippen LogP contribution in [-0.2, 0) is 56.0 Å². The number of unbranched alkanes of at least 4 members (excludes halogenated alkanes) is 1. The van der Waals surface area contributed by atoms with Gasteiger partial charge in [-0.25, -0.2) is 9.78 Å². The Morgan fingerprint density at radius 2 is 1.26 bits per heavy atom. The number of carboxylic acid groups (broad SMARTS) is 1. The average molecular weight is 1030 g/mol. The van der Waals surface area contributed by atoms with Crippen molar-refractivity contribution < 1.29 is 58.5 Å². The van der Waals surface area contributed by atoms with Gasteiger partial charge in [0.15, 0.2) is 0 Å². The number of aromatic amines is 1. The number of nitrogens with one attached hydrogen (secondary N) is 10. The Balaban J connectivity index is 1.73. The molecule has 1 aliphatic rings. The van der Waals surface area contributed by atoms with Gasteiger partial charge in [-0.1, -0.05) is 53.7 Å². The van der Waals surface area contributed by atoms with E-state index >= 15 is 0 Å². The molecule has 0 saturated carbocycles. The molecule has 24 heteroatoms. The monoisotopic (exact) mass is 1030 g/mol. The van der Waals surface area contributed by atoms with Crippen LogP contribution in [0.1, 0.15) is 105 Å². The molecule has 73 heavy (non-hydrogen) atoms. The van der Waals surface area contributed by atoms with Gasteiger partial charge in [-0.15, -0.1) is 0 Å². The van der Waals surface area contributed by atoms with Crippen molar-refractivity contribution in [2.24, 2.45) is 23.5 Å². The summed E-state index contributed by atoms with van der Waals surface area (Å²) in [6.45, 7) is 12.2. The van der Waals surface area contributed by atoms with Crippen molar-refractivity contribution in [2.45, 2.75) is 161 Å². The predicted molar refractivity (Wildman–Crippen MR) is 268 cm³/mol. The second-order valence-electron chi connectivity index (χ2n) is 19.7. The first-order chi connectivity index (χ1) is 34.5. The zero-order chi connectivity index (χ0) is 54.4. The van der Waals surface area contributed by atoms with Gasteiger partial charge in [-0.3, -0.25) is 38.4 Å². The van der Waals surface area contributed by atoms with Crippen molar-refractivity contribution in [1.82, 2.24) is 57.8 Å². The minimum Gasteiger partial charge on any atom is -0.508 e. The molecule has 2 heterocycles. The summed E-state index contributed by atoms with van der Waals surface area (Å²) in [6.07, 6.45) is 3.56. The molecule has 15 N–H and O–H groups in total. The molecular formula is C49H78N12O12. The van der Waals surface area contributed by atoms with Gasteiger partial charge in [-0.2, -0.15) is 0 Å². The number of rotatable bonds is 31. The van der Waals surface area contributed by atoms with Gasteiger partial charge in [0.25, 0.3) is 0 Å². The van der Waals surface area contributed by atoms with E-state index in [1.165, 1.54) is 31.6 Å². The summed E-state index contributed by atoms with van der Waals surface area (Å²) in [4.78, 5) is 128. The molecule has 0 spiro atoms. The second kappa shape index (κ2) is 30.4. The van der Waals surface area contributed by atoms with Crippen LogP contribution < -0.4 is 53.6 Å². The molecule has 9 atom stereocenters. The number of phenols is 1. The Labute approximate surface area is 426 Å². The van der Waals surface area contributed by atoms with Crippen LogP contribution >= 0.6 is 0 Å². The Hall–Kier alpha value is -6.66. The zero-order valence-corrected chi connectivity index (χ0v) is 42.9. The summed E-state index contributed by atoms with van der Waals surface area (Å²) in [5.74, 6) is -8.01. The Bertz CT molecular complexity index is 2130. The smallest absolute Gasteiger partial charge is 0.326 e. The quantitative estimate of drug-likeness (QED) is 0.0383. The number of nitrogens with two attached hydrogens (primary N) is 1. The topological polar surface area (TPSA) is 377 Å². The number of carbonyl (C=O) groups excluding carboxylic acids is 8. The Morgan fingerprint density at radius 1 is 0.685 bits per heavy atom. The predicted octanol–water partition coefficient (Wildman–Crippen LogP) is -1.50. The molecule has 1 aromatic carbocycles. The van der Waals surface area contributed by atoms with E-state index in [-0.39, 0.29) is 62.1 Å². The number of carboxylic acids is 1. The summed E-state index contributed by atoms with van der Waals surface area (Å²) in [5, 5.41) is 54.0. The minimum absolute atomic E-state index is 0.0234. The van der Waals surface area contributed by atoms with E-state index in [4.69, 9.17) is 5.73 Å². The number of aromatic hydroxyl groups is 1. The number of H-pyrrole nitrogens is 1. The lowest BCUT2D eigenvalue weighted by Crippen LogP contribution is -2.61. The third-order valence-electron chi connectivity index (χ3n) is 12.0. The van der Waals surface area contributed by atoms with E-state index in [0.29, 0.717) is 37.1 Å². The Morgan fingerprint density at radius 3 is 1.78 bits per heavy atom. The number of hydrogen-bond donors (Lipinski definition) is 14. The summed E-state index contributed by atoms with van der Waals surface area (Å²) < 4.78 is 0. The largest absolute Gasteiger partial charge is 0.508 e. The van der Waals surface area contributed by atoms with E-state index in [1.807, 2.05) is 27.7 Å². The van der Waals surface area contributed by atoms with Gasteiger partial charge in [0.1, 0.15) is 48.0 Å². The molecule has 1 fully saturated rings. The summed E-state index contributed by atoms with van der Waals surface area (Å²) >= 11 is 0. The number of benzene rings is 1. The highest BCUT2D eigenvalue weighted by Gasteiger charge is 2.36. The maximum absolute atomic E-state index is 14.1. The van der Waals surface area contributed by atoms with Crippen LogP contribution in [0.25, 0.3) is 0 Å². The lowest BCUT2D eigenvalue weighted by Gasteiger charge is -2.29. The van der Waals surface area contributed by atoms with Crippen LogP contribution in [0.15, 0.2) is 36.8 Å². The molecule has 2 aromatic rings. The number of aliphatic hydroxyl groups is 1. The first-order valence-electron chi connectivity index (χ1n) is 25.0. The van der Waals surface area contributed by atoms with Gasteiger partial charge >= 0.3 is 5.97 Å². The fraction of sp³-hybridized carbons (Fsp3) is 0.633. The number of aliphatic carboxylic acids is 1. The van der Waals surface area contributed by atoms with Gasteiger partial charge < -0.3 is 73.9 Å². The molecule has 1 aliphatic heterocycles. The molecule has 1 aromatic heterocycles. The van der Waals surface area contributed by atoms with Crippen molar-refractivity contribution in [3.8, 4) is 5.75 Å². The summed E-state index contributed by atoms with van der Waals surface area (Å²) in [6, 6.07) is -3.45. The van der Waals surface area contributed by atoms with Gasteiger partial charge in [0.2, 0.25) is 47.3 Å². The SMILES string of the molecule is CC(C)C[C@H](NC(=O)[C@H](CC(C)C)NC(=O)[C@@H](NC(=O)CNC(=O)[C@H](Cc1ccc(O)cc1)NC(=O)[C@@H]1CCCN1)C(C)C)C(=O)N[C@@H](CCCCN)C(=O)N[C@H](C(=O)N[C@@H](Cc1cnc[nH]1)C(=O)O)[C@@H](C)O. The lowest BCUT2D eigenvalue weighted by atomic mass is 9.98. The number of aromatic nitrogens is 2. The van der Waals surface area contributed by atoms with E-state index in [1.54, 1.807) is 26.0 Å². The van der Waals surface area contributed by atoms with Gasteiger partial charge in [-0.05, 0) is 100 Å². The normalized spacial score (nSPS) is 16.7. The minimum atomic E-state index is -1.64. The summed E-state index contributed by atoms with van der Waals surface area (Å²) in [7, 11) is 0. The Kier molecular flexibility index (Phi) is 25.2.